The van der Waals surface area contributed by atoms with Gasteiger partial charge in [-0.1, -0.05) is 59.6 Å². The van der Waals surface area contributed by atoms with Gasteiger partial charge in [-0.15, -0.1) is 0 Å². The van der Waals surface area contributed by atoms with E-state index >= 15 is 0 Å². The highest BCUT2D eigenvalue weighted by Crippen LogP contribution is 2.38. The van der Waals surface area contributed by atoms with Gasteiger partial charge in [0.1, 0.15) is 18.1 Å². The van der Waals surface area contributed by atoms with E-state index < -0.39 is 84.5 Å². The fourth-order valence-corrected chi connectivity index (χ4v) is 5.24. The number of hydrogen-bond donors (Lipinski definition) is 0. The summed E-state index contributed by atoms with van der Waals surface area (Å²) in [7, 11) is 0. The molecule has 16 heteroatoms. The van der Waals surface area contributed by atoms with Crippen LogP contribution in [0.15, 0.2) is 102 Å². The Morgan fingerprint density at radius 2 is 1.12 bits per heavy atom. The van der Waals surface area contributed by atoms with E-state index in [-0.39, 0.29) is 5.90 Å². The van der Waals surface area contributed by atoms with E-state index in [1.807, 2.05) is 0 Å². The predicted octanol–water partition coefficient (Wildman–Crippen LogP) is 8.90. The maximum Gasteiger partial charge on any atom is 0.416 e. The van der Waals surface area contributed by atoms with Gasteiger partial charge in [0.05, 0.1) is 24.0 Å². The van der Waals surface area contributed by atoms with Crippen LogP contribution in [0.2, 0.25) is 10.0 Å². The summed E-state index contributed by atoms with van der Waals surface area (Å²) in [5, 5.41) is 0.759. The van der Waals surface area contributed by atoms with Gasteiger partial charge in [0.25, 0.3) is 12.6 Å². The van der Waals surface area contributed by atoms with Crippen LogP contribution in [0.1, 0.15) is 29.2 Å². The molecule has 0 amide bonds. The molecule has 8 nitrogen and oxygen atoms in total. The molecule has 0 radical (unpaired) electrons. The van der Waals surface area contributed by atoms with Crippen LogP contribution in [0.5, 0.6) is 11.5 Å². The summed E-state index contributed by atoms with van der Waals surface area (Å²) >= 11 is 11.9. The summed E-state index contributed by atoms with van der Waals surface area (Å²) in [6, 6.07) is 19.4. The van der Waals surface area contributed by atoms with E-state index in [9.17, 15) is 35.9 Å². The first kappa shape index (κ1) is 38.3. The zero-order valence-electron chi connectivity index (χ0n) is 26.8. The molecule has 4 aromatic rings. The number of esters is 2. The number of aliphatic imine (C=N–C) groups is 1. The van der Waals surface area contributed by atoms with Crippen molar-refractivity contribution in [3.8, 4) is 11.5 Å². The van der Waals surface area contributed by atoms with E-state index in [0.717, 1.165) is 36.4 Å². The third-order valence-electron chi connectivity index (χ3n) is 7.50. The number of halogens is 8. The van der Waals surface area contributed by atoms with Crippen LogP contribution in [0.3, 0.4) is 0 Å². The number of carbonyl (C=O) groups excluding carboxylic acids is 2. The Morgan fingerprint density at radius 1 is 0.712 bits per heavy atom. The quantitative estimate of drug-likeness (QED) is 0.0808. The second kappa shape index (κ2) is 15.7. The van der Waals surface area contributed by atoms with Crippen molar-refractivity contribution >= 4 is 41.0 Å². The monoisotopic (exact) mass is 769 g/mol. The predicted molar refractivity (Wildman–Crippen MR) is 176 cm³/mol. The van der Waals surface area contributed by atoms with Crippen LogP contribution in [-0.2, 0) is 49.0 Å². The van der Waals surface area contributed by atoms with Crippen LogP contribution < -0.4 is 9.47 Å². The SMILES string of the molecule is CC1=NC(C(OC(=O)Cc2ccc(Cl)cc2)Oc2cccc(C(F)(F)F)c2)(C(OC(=O)Cc2ccc(Cl)cc2)Oc2cccc(C(F)(F)F)c2)CO1. The van der Waals surface area contributed by atoms with E-state index in [2.05, 4.69) is 4.99 Å². The van der Waals surface area contributed by atoms with Crippen molar-refractivity contribution in [1.82, 2.24) is 0 Å². The molecule has 0 saturated carbocycles. The standard InChI is InChI=1S/C36H27Cl2F6NO7/c1-21-45-34(20-48-21,32(49-28-6-2-4-24(18-28)35(39,40)41)51-30(46)16-22-8-12-26(37)13-9-22)33(50-29-7-3-5-25(19-29)36(42,43)44)52-31(47)17-23-10-14-27(38)15-11-23/h2-15,18-19,32-33H,16-17,20H2,1H3. The molecule has 0 aliphatic carbocycles. The number of alkyl halides is 6. The van der Waals surface area contributed by atoms with E-state index in [1.54, 1.807) is 0 Å². The topological polar surface area (TPSA) is 92.7 Å². The van der Waals surface area contributed by atoms with Gasteiger partial charge in [0.15, 0.2) is 5.90 Å². The Morgan fingerprint density at radius 3 is 1.46 bits per heavy atom. The molecule has 1 aliphatic heterocycles. The van der Waals surface area contributed by atoms with Crippen molar-refractivity contribution in [1.29, 1.82) is 0 Å². The first-order valence-corrected chi connectivity index (χ1v) is 16.0. The molecule has 52 heavy (non-hydrogen) atoms. The molecular weight excluding hydrogens is 743 g/mol. The van der Waals surface area contributed by atoms with Gasteiger partial charge in [-0.25, -0.2) is 4.99 Å². The summed E-state index contributed by atoms with van der Waals surface area (Å²) in [5.74, 6) is -2.96. The highest BCUT2D eigenvalue weighted by Gasteiger charge is 2.58. The van der Waals surface area contributed by atoms with Crippen molar-refractivity contribution in [2.24, 2.45) is 4.99 Å². The van der Waals surface area contributed by atoms with E-state index in [0.29, 0.717) is 33.3 Å². The minimum absolute atomic E-state index is 0.0854. The number of carbonyl (C=O) groups is 2. The van der Waals surface area contributed by atoms with Crippen LogP contribution in [0.4, 0.5) is 26.3 Å². The molecule has 1 heterocycles. The largest absolute Gasteiger partial charge is 0.478 e. The number of nitrogens with zero attached hydrogens (tertiary/aromatic N) is 1. The fourth-order valence-electron chi connectivity index (χ4n) is 4.99. The van der Waals surface area contributed by atoms with E-state index in [1.165, 1.54) is 55.5 Å². The lowest BCUT2D eigenvalue weighted by molar-refractivity contribution is -0.214. The average molecular weight is 771 g/mol. The molecule has 1 aliphatic rings. The third-order valence-corrected chi connectivity index (χ3v) is 8.01. The molecule has 0 N–H and O–H groups in total. The maximum absolute atomic E-state index is 13.7. The van der Waals surface area contributed by atoms with Gasteiger partial charge in [0.2, 0.25) is 5.54 Å². The van der Waals surface area contributed by atoms with Crippen LogP contribution in [-0.4, -0.2) is 42.6 Å². The molecule has 0 bridgehead atoms. The lowest BCUT2D eigenvalue weighted by Crippen LogP contribution is -2.59. The van der Waals surface area contributed by atoms with Crippen molar-refractivity contribution in [2.75, 3.05) is 6.61 Å². The van der Waals surface area contributed by atoms with Crippen molar-refractivity contribution in [2.45, 2.75) is 50.2 Å². The lowest BCUT2D eigenvalue weighted by atomic mass is 9.99. The van der Waals surface area contributed by atoms with E-state index in [4.69, 9.17) is 46.9 Å². The Balaban J connectivity index is 1.59. The summed E-state index contributed by atoms with van der Waals surface area (Å²) in [4.78, 5) is 31.3. The second-order valence-corrected chi connectivity index (χ2v) is 12.3. The molecule has 4 aromatic carbocycles. The number of ether oxygens (including phenoxy) is 5. The summed E-state index contributed by atoms with van der Waals surface area (Å²) in [6.45, 7) is 0.740. The van der Waals surface area contributed by atoms with Gasteiger partial charge in [0, 0.05) is 17.0 Å². The molecule has 0 fully saturated rings. The summed E-state index contributed by atoms with van der Waals surface area (Å²) in [5.41, 5.74) is -3.64. The van der Waals surface area contributed by atoms with Gasteiger partial charge in [-0.05, 0) is 71.8 Å². The maximum atomic E-state index is 13.7. The second-order valence-electron chi connectivity index (χ2n) is 11.4. The number of rotatable bonds is 12. The van der Waals surface area contributed by atoms with Crippen molar-refractivity contribution < 1.29 is 59.6 Å². The Kier molecular flexibility index (Phi) is 11.6. The smallest absolute Gasteiger partial charge is 0.416 e. The molecule has 2 unspecified atom stereocenters. The van der Waals surface area contributed by atoms with Gasteiger partial charge in [-0.2, -0.15) is 26.3 Å². The van der Waals surface area contributed by atoms with Gasteiger partial charge >= 0.3 is 24.3 Å². The molecule has 0 spiro atoms. The minimum Gasteiger partial charge on any atom is -0.478 e. The Labute approximate surface area is 302 Å². The molecule has 2 atom stereocenters. The first-order valence-electron chi connectivity index (χ1n) is 15.3. The lowest BCUT2D eigenvalue weighted by Gasteiger charge is -2.37. The first-order chi connectivity index (χ1) is 24.5. The third kappa shape index (κ3) is 9.88. The highest BCUT2D eigenvalue weighted by molar-refractivity contribution is 6.30. The zero-order valence-corrected chi connectivity index (χ0v) is 28.4. The minimum atomic E-state index is -4.80. The van der Waals surface area contributed by atoms with Crippen LogP contribution in [0.25, 0.3) is 0 Å². The Hall–Kier alpha value is -4.95. The fraction of sp³-hybridized carbons (Fsp3) is 0.250. The molecule has 0 saturated heterocycles. The summed E-state index contributed by atoms with van der Waals surface area (Å²) in [6.07, 6.45) is -14.5. The Bertz CT molecular complexity index is 1790. The van der Waals surface area contributed by atoms with Gasteiger partial charge < -0.3 is 23.7 Å². The van der Waals surface area contributed by atoms with Crippen LogP contribution in [0, 0.1) is 0 Å². The van der Waals surface area contributed by atoms with Crippen molar-refractivity contribution in [3.05, 3.63) is 129 Å². The zero-order chi connectivity index (χ0) is 37.7. The highest BCUT2D eigenvalue weighted by atomic mass is 35.5. The number of hydrogen-bond acceptors (Lipinski definition) is 8. The normalized spacial score (nSPS) is 17.0. The average Bonchev–Trinajstić information content (AvgIpc) is 3.48. The molecule has 274 valence electrons. The molecular formula is C36H27Cl2F6NO7. The van der Waals surface area contributed by atoms with Gasteiger partial charge in [-0.3, -0.25) is 9.59 Å². The van der Waals surface area contributed by atoms with Crippen molar-refractivity contribution in [3.63, 3.8) is 0 Å². The number of benzene rings is 4. The van der Waals surface area contributed by atoms with Crippen LogP contribution >= 0.6 is 23.2 Å². The summed E-state index contributed by atoms with van der Waals surface area (Å²) < 4.78 is 111. The molecule has 0 aromatic heterocycles. The molecule has 5 rings (SSSR count).